The minimum absolute atomic E-state index is 0.0282. The van der Waals surface area contributed by atoms with E-state index in [1.54, 1.807) is 0 Å². The third-order valence-corrected chi connectivity index (χ3v) is 6.20. The van der Waals surface area contributed by atoms with Crippen molar-refractivity contribution in [3.63, 3.8) is 0 Å². The average Bonchev–Trinajstić information content (AvgIpc) is 3.35. The Bertz CT molecular complexity index is 936. The fourth-order valence-electron chi connectivity index (χ4n) is 2.62. The molecule has 1 amide bonds. The van der Waals surface area contributed by atoms with E-state index < -0.39 is 28.5 Å². The molecule has 1 fully saturated rings. The lowest BCUT2D eigenvalue weighted by atomic mass is 10.3. The Hall–Kier alpha value is -2.36. The second-order valence-electron chi connectivity index (χ2n) is 5.85. The SMILES string of the molecule is O=C(COC(=O)c1ccco1)Nc1cc(S(=O)(=O)N2CCCC2)ccc1Cl. The van der Waals surface area contributed by atoms with Crippen molar-refractivity contribution in [2.75, 3.05) is 25.0 Å². The maximum atomic E-state index is 12.6. The molecule has 0 aliphatic carbocycles. The number of sulfonamides is 1. The van der Waals surface area contributed by atoms with Crippen LogP contribution in [-0.4, -0.2) is 44.3 Å². The van der Waals surface area contributed by atoms with Crippen molar-refractivity contribution in [1.82, 2.24) is 4.31 Å². The first-order valence-corrected chi connectivity index (χ1v) is 10.00. The number of amides is 1. The summed E-state index contributed by atoms with van der Waals surface area (Å²) in [4.78, 5) is 23.7. The van der Waals surface area contributed by atoms with E-state index >= 15 is 0 Å². The van der Waals surface area contributed by atoms with E-state index in [0.29, 0.717) is 13.1 Å². The minimum atomic E-state index is -3.64. The van der Waals surface area contributed by atoms with E-state index in [0.717, 1.165) is 12.8 Å². The van der Waals surface area contributed by atoms with Gasteiger partial charge in [0.25, 0.3) is 5.91 Å². The molecule has 27 heavy (non-hydrogen) atoms. The largest absolute Gasteiger partial charge is 0.457 e. The van der Waals surface area contributed by atoms with Crippen LogP contribution >= 0.6 is 11.6 Å². The highest BCUT2D eigenvalue weighted by atomic mass is 35.5. The fourth-order valence-corrected chi connectivity index (χ4v) is 4.33. The summed E-state index contributed by atoms with van der Waals surface area (Å²) in [5.41, 5.74) is 0.121. The van der Waals surface area contributed by atoms with Crippen molar-refractivity contribution in [2.24, 2.45) is 0 Å². The fraction of sp³-hybridized carbons (Fsp3) is 0.294. The lowest BCUT2D eigenvalue weighted by Crippen LogP contribution is -2.28. The zero-order chi connectivity index (χ0) is 19.4. The molecule has 10 heteroatoms. The van der Waals surface area contributed by atoms with E-state index in [9.17, 15) is 18.0 Å². The highest BCUT2D eigenvalue weighted by molar-refractivity contribution is 7.89. The van der Waals surface area contributed by atoms with E-state index in [1.165, 1.54) is 40.9 Å². The highest BCUT2D eigenvalue weighted by Gasteiger charge is 2.27. The summed E-state index contributed by atoms with van der Waals surface area (Å²) in [6.45, 7) is 0.365. The first-order valence-electron chi connectivity index (χ1n) is 8.18. The Morgan fingerprint density at radius 2 is 1.96 bits per heavy atom. The second kappa shape index (κ2) is 8.12. The van der Waals surface area contributed by atoms with Gasteiger partial charge in [0.2, 0.25) is 15.8 Å². The third-order valence-electron chi connectivity index (χ3n) is 3.97. The van der Waals surface area contributed by atoms with Gasteiger partial charge in [0.15, 0.2) is 6.61 Å². The van der Waals surface area contributed by atoms with Gasteiger partial charge in [0.05, 0.1) is 21.9 Å². The average molecular weight is 413 g/mol. The van der Waals surface area contributed by atoms with Crippen molar-refractivity contribution in [1.29, 1.82) is 0 Å². The van der Waals surface area contributed by atoms with Crippen molar-refractivity contribution in [3.8, 4) is 0 Å². The van der Waals surface area contributed by atoms with Gasteiger partial charge < -0.3 is 14.5 Å². The highest BCUT2D eigenvalue weighted by Crippen LogP contribution is 2.28. The molecular weight excluding hydrogens is 396 g/mol. The van der Waals surface area contributed by atoms with Crippen molar-refractivity contribution in [3.05, 3.63) is 47.4 Å². The summed E-state index contributed by atoms with van der Waals surface area (Å²) in [5, 5.41) is 2.62. The zero-order valence-electron chi connectivity index (χ0n) is 14.2. The van der Waals surface area contributed by atoms with Crippen LogP contribution in [-0.2, 0) is 19.6 Å². The smallest absolute Gasteiger partial charge is 0.374 e. The molecule has 1 aromatic heterocycles. The number of carbonyl (C=O) groups excluding carboxylic acids is 2. The van der Waals surface area contributed by atoms with Gasteiger partial charge in [-0.25, -0.2) is 13.2 Å². The van der Waals surface area contributed by atoms with Gasteiger partial charge in [-0.05, 0) is 43.2 Å². The van der Waals surface area contributed by atoms with Crippen LogP contribution in [0.15, 0.2) is 45.9 Å². The van der Waals surface area contributed by atoms with E-state index in [4.69, 9.17) is 20.8 Å². The van der Waals surface area contributed by atoms with Crippen molar-refractivity contribution < 1.29 is 27.2 Å². The van der Waals surface area contributed by atoms with Crippen LogP contribution in [0.25, 0.3) is 0 Å². The minimum Gasteiger partial charge on any atom is -0.457 e. The maximum absolute atomic E-state index is 12.6. The van der Waals surface area contributed by atoms with Crippen LogP contribution in [0.2, 0.25) is 5.02 Å². The predicted octanol–water partition coefficient (Wildman–Crippen LogP) is 2.51. The Balaban J connectivity index is 1.67. The summed E-state index contributed by atoms with van der Waals surface area (Å²) in [7, 11) is -3.64. The molecule has 3 rings (SSSR count). The lowest BCUT2D eigenvalue weighted by molar-refractivity contribution is -0.119. The number of anilines is 1. The van der Waals surface area contributed by atoms with Gasteiger partial charge in [-0.2, -0.15) is 4.31 Å². The Morgan fingerprint density at radius 3 is 2.63 bits per heavy atom. The lowest BCUT2D eigenvalue weighted by Gasteiger charge is -2.16. The molecule has 2 aromatic rings. The summed E-state index contributed by atoms with van der Waals surface area (Å²) in [5.74, 6) is -1.47. The maximum Gasteiger partial charge on any atom is 0.374 e. The first-order chi connectivity index (χ1) is 12.9. The van der Waals surface area contributed by atoms with Crippen LogP contribution < -0.4 is 5.32 Å². The predicted molar refractivity (Wildman–Crippen MR) is 97.1 cm³/mol. The van der Waals surface area contributed by atoms with Crippen LogP contribution in [0.5, 0.6) is 0 Å². The molecule has 1 aliphatic heterocycles. The number of ether oxygens (including phenoxy) is 1. The van der Waals surface area contributed by atoms with Gasteiger partial charge >= 0.3 is 5.97 Å². The van der Waals surface area contributed by atoms with Crippen LogP contribution in [0.3, 0.4) is 0 Å². The second-order valence-corrected chi connectivity index (χ2v) is 8.20. The number of rotatable bonds is 6. The quantitative estimate of drug-likeness (QED) is 0.731. The van der Waals surface area contributed by atoms with Crippen LogP contribution in [0.1, 0.15) is 23.4 Å². The van der Waals surface area contributed by atoms with Gasteiger partial charge in [-0.1, -0.05) is 11.6 Å². The number of furan rings is 1. The Kier molecular flexibility index (Phi) is 5.83. The third kappa shape index (κ3) is 4.49. The van der Waals surface area contributed by atoms with Gasteiger partial charge in [-0.3, -0.25) is 4.79 Å². The molecule has 1 saturated heterocycles. The van der Waals surface area contributed by atoms with Crippen molar-refractivity contribution in [2.45, 2.75) is 17.7 Å². The number of benzene rings is 1. The van der Waals surface area contributed by atoms with Gasteiger partial charge in [0.1, 0.15) is 0 Å². The molecule has 1 N–H and O–H groups in total. The van der Waals surface area contributed by atoms with Gasteiger partial charge in [-0.15, -0.1) is 0 Å². The molecule has 0 saturated carbocycles. The monoisotopic (exact) mass is 412 g/mol. The number of esters is 1. The topological polar surface area (TPSA) is 106 Å². The molecule has 0 unspecified atom stereocenters. The molecule has 0 atom stereocenters. The standard InChI is InChI=1S/C17H17ClN2O6S/c18-13-6-5-12(27(23,24)20-7-1-2-8-20)10-14(13)19-16(21)11-26-17(22)15-4-3-9-25-15/h3-6,9-10H,1-2,7-8,11H2,(H,19,21). The van der Waals surface area contributed by atoms with Crippen LogP contribution in [0.4, 0.5) is 5.69 Å². The van der Waals surface area contributed by atoms with Crippen molar-refractivity contribution >= 4 is 39.2 Å². The molecule has 1 aliphatic rings. The van der Waals surface area contributed by atoms with Gasteiger partial charge in [0, 0.05) is 13.1 Å². The molecular formula is C17H17ClN2O6S. The molecule has 1 aromatic carbocycles. The number of hydrogen-bond acceptors (Lipinski definition) is 6. The summed E-state index contributed by atoms with van der Waals surface area (Å²) in [6.07, 6.45) is 2.94. The first kappa shape index (κ1) is 19.4. The molecule has 0 spiro atoms. The molecule has 8 nitrogen and oxygen atoms in total. The molecule has 2 heterocycles. The zero-order valence-corrected chi connectivity index (χ0v) is 15.8. The molecule has 0 radical (unpaired) electrons. The number of carbonyl (C=O) groups is 2. The number of nitrogens with one attached hydrogen (secondary N) is 1. The number of halogens is 1. The molecule has 0 bridgehead atoms. The van der Waals surface area contributed by atoms with E-state index in [1.807, 2.05) is 0 Å². The van der Waals surface area contributed by atoms with E-state index in [2.05, 4.69) is 5.32 Å². The number of nitrogens with zero attached hydrogens (tertiary/aromatic N) is 1. The number of hydrogen-bond donors (Lipinski definition) is 1. The molecule has 144 valence electrons. The summed E-state index contributed by atoms with van der Waals surface area (Å²) in [6, 6.07) is 7.01. The Labute approximate surface area is 161 Å². The summed E-state index contributed by atoms with van der Waals surface area (Å²) >= 11 is 6.05. The summed E-state index contributed by atoms with van der Waals surface area (Å²) < 4.78 is 36.3. The Morgan fingerprint density at radius 1 is 1.22 bits per heavy atom. The van der Waals surface area contributed by atoms with E-state index in [-0.39, 0.29) is 21.4 Å². The normalized spacial score (nSPS) is 14.9. The van der Waals surface area contributed by atoms with Crippen LogP contribution in [0, 0.1) is 0 Å².